The largest absolute Gasteiger partial charge is 0.344 e. The molecular formula is C18H39N. The average Bonchev–Trinajstić information content (AvgIpc) is 2.42. The summed E-state index contributed by atoms with van der Waals surface area (Å²) in [6.45, 7) is 2.30. The molecule has 19 heavy (non-hydrogen) atoms. The summed E-state index contributed by atoms with van der Waals surface area (Å²) in [5.74, 6) is 1.10. The summed E-state index contributed by atoms with van der Waals surface area (Å²) >= 11 is 0. The Morgan fingerprint density at radius 2 is 1.11 bits per heavy atom. The minimum absolute atomic E-state index is 0. The average molecular weight is 270 g/mol. The van der Waals surface area contributed by atoms with Crippen molar-refractivity contribution in [2.45, 2.75) is 110 Å². The van der Waals surface area contributed by atoms with Crippen LogP contribution in [0.2, 0.25) is 0 Å². The van der Waals surface area contributed by atoms with Gasteiger partial charge in [-0.3, -0.25) is 0 Å². The van der Waals surface area contributed by atoms with Gasteiger partial charge in [-0.2, -0.15) is 0 Å². The first-order valence-corrected chi connectivity index (χ1v) is 8.93. The van der Waals surface area contributed by atoms with E-state index in [4.69, 9.17) is 0 Å². The molecule has 0 saturated heterocycles. The second-order valence-electron chi connectivity index (χ2n) is 6.47. The van der Waals surface area contributed by atoms with Gasteiger partial charge in [-0.25, -0.2) is 0 Å². The van der Waals surface area contributed by atoms with Crippen molar-refractivity contribution in [1.29, 1.82) is 0 Å². The van der Waals surface area contributed by atoms with Crippen LogP contribution in [0, 0.1) is 5.92 Å². The Balaban J connectivity index is 0.00000324. The molecule has 1 aliphatic rings. The highest BCUT2D eigenvalue weighted by molar-refractivity contribution is 4.65. The van der Waals surface area contributed by atoms with E-state index in [2.05, 4.69) is 6.92 Å². The molecule has 3 N–H and O–H groups in total. The Morgan fingerprint density at radius 1 is 0.632 bits per heavy atom. The SMILES string of the molecule is CCCCCCCCCCCCC1CCCCC1.N. The molecule has 1 nitrogen and oxygen atoms in total. The van der Waals surface area contributed by atoms with Gasteiger partial charge in [0.1, 0.15) is 0 Å². The molecule has 0 bridgehead atoms. The van der Waals surface area contributed by atoms with Crippen molar-refractivity contribution < 1.29 is 0 Å². The van der Waals surface area contributed by atoms with Gasteiger partial charge in [0, 0.05) is 0 Å². The van der Waals surface area contributed by atoms with Gasteiger partial charge in [0.05, 0.1) is 0 Å². The lowest BCUT2D eigenvalue weighted by molar-refractivity contribution is 0.328. The maximum absolute atomic E-state index is 2.30. The minimum atomic E-state index is 0. The first-order valence-electron chi connectivity index (χ1n) is 8.93. The van der Waals surface area contributed by atoms with Crippen molar-refractivity contribution in [3.63, 3.8) is 0 Å². The van der Waals surface area contributed by atoms with Crippen LogP contribution in [0.15, 0.2) is 0 Å². The van der Waals surface area contributed by atoms with Gasteiger partial charge in [-0.1, -0.05) is 110 Å². The molecule has 116 valence electrons. The van der Waals surface area contributed by atoms with Crippen molar-refractivity contribution in [3.8, 4) is 0 Å². The maximum Gasteiger partial charge on any atom is -0.0414 e. The maximum atomic E-state index is 2.30. The Morgan fingerprint density at radius 3 is 1.63 bits per heavy atom. The highest BCUT2D eigenvalue weighted by Gasteiger charge is 2.12. The molecule has 1 heteroatoms. The third-order valence-corrected chi connectivity index (χ3v) is 4.69. The molecule has 0 unspecified atom stereocenters. The van der Waals surface area contributed by atoms with Crippen molar-refractivity contribution in [1.82, 2.24) is 6.15 Å². The summed E-state index contributed by atoms with van der Waals surface area (Å²) in [7, 11) is 0. The van der Waals surface area contributed by atoms with Crippen LogP contribution >= 0.6 is 0 Å². The van der Waals surface area contributed by atoms with Crippen LogP contribution in [0.25, 0.3) is 0 Å². The number of hydrogen-bond acceptors (Lipinski definition) is 1. The Bertz CT molecular complexity index is 161. The summed E-state index contributed by atoms with van der Waals surface area (Å²) < 4.78 is 0. The molecule has 0 amide bonds. The summed E-state index contributed by atoms with van der Waals surface area (Å²) in [5.41, 5.74) is 0. The summed E-state index contributed by atoms with van der Waals surface area (Å²) in [6, 6.07) is 0. The highest BCUT2D eigenvalue weighted by atomic mass is 14.2. The molecule has 1 aliphatic carbocycles. The fourth-order valence-electron chi connectivity index (χ4n) is 3.40. The fourth-order valence-corrected chi connectivity index (χ4v) is 3.40. The number of unbranched alkanes of at least 4 members (excludes halogenated alkanes) is 9. The van der Waals surface area contributed by atoms with E-state index in [1.165, 1.54) is 103 Å². The van der Waals surface area contributed by atoms with Gasteiger partial charge < -0.3 is 6.15 Å². The molecule has 0 radical (unpaired) electrons. The van der Waals surface area contributed by atoms with E-state index >= 15 is 0 Å². The minimum Gasteiger partial charge on any atom is -0.344 e. The molecule has 0 aromatic heterocycles. The summed E-state index contributed by atoms with van der Waals surface area (Å²) in [6.07, 6.45) is 23.9. The van der Waals surface area contributed by atoms with Crippen LogP contribution in [0.3, 0.4) is 0 Å². The first kappa shape index (κ1) is 19.0. The monoisotopic (exact) mass is 269 g/mol. The van der Waals surface area contributed by atoms with E-state index in [1.807, 2.05) is 0 Å². The molecule has 0 heterocycles. The van der Waals surface area contributed by atoms with E-state index in [0.717, 1.165) is 5.92 Å². The van der Waals surface area contributed by atoms with E-state index in [1.54, 1.807) is 0 Å². The second-order valence-corrected chi connectivity index (χ2v) is 6.47. The Kier molecular flexibility index (Phi) is 14.3. The van der Waals surface area contributed by atoms with Gasteiger partial charge in [0.25, 0.3) is 0 Å². The predicted molar refractivity (Wildman–Crippen MR) is 88.1 cm³/mol. The van der Waals surface area contributed by atoms with E-state index < -0.39 is 0 Å². The lowest BCUT2D eigenvalue weighted by Crippen LogP contribution is -2.05. The molecule has 1 saturated carbocycles. The molecule has 1 rings (SSSR count). The standard InChI is InChI=1S/C18H36.H3N/c1-2-3-4-5-6-7-8-9-10-12-15-18-16-13-11-14-17-18;/h18H,2-17H2,1H3;1H3. The zero-order valence-electron chi connectivity index (χ0n) is 13.6. The zero-order valence-corrected chi connectivity index (χ0v) is 13.6. The highest BCUT2D eigenvalue weighted by Crippen LogP contribution is 2.28. The van der Waals surface area contributed by atoms with Crippen LogP contribution < -0.4 is 6.15 Å². The van der Waals surface area contributed by atoms with Crippen LogP contribution in [-0.2, 0) is 0 Å². The molecule has 0 atom stereocenters. The van der Waals surface area contributed by atoms with Crippen molar-refractivity contribution in [2.75, 3.05) is 0 Å². The van der Waals surface area contributed by atoms with Crippen molar-refractivity contribution >= 4 is 0 Å². The fraction of sp³-hybridized carbons (Fsp3) is 1.00. The van der Waals surface area contributed by atoms with Crippen LogP contribution in [0.4, 0.5) is 0 Å². The van der Waals surface area contributed by atoms with Crippen LogP contribution in [0.5, 0.6) is 0 Å². The quantitative estimate of drug-likeness (QED) is 0.401. The van der Waals surface area contributed by atoms with E-state index in [9.17, 15) is 0 Å². The van der Waals surface area contributed by atoms with Crippen LogP contribution in [-0.4, -0.2) is 0 Å². The Hall–Kier alpha value is -0.0400. The molecule has 1 fully saturated rings. The topological polar surface area (TPSA) is 35.0 Å². The molecule has 0 spiro atoms. The molecule has 0 aromatic rings. The smallest absolute Gasteiger partial charge is 0.0414 e. The van der Waals surface area contributed by atoms with E-state index in [-0.39, 0.29) is 6.15 Å². The normalized spacial score (nSPS) is 16.3. The van der Waals surface area contributed by atoms with Gasteiger partial charge in [-0.05, 0) is 5.92 Å². The number of hydrogen-bond donors (Lipinski definition) is 1. The summed E-state index contributed by atoms with van der Waals surface area (Å²) in [5, 5.41) is 0. The van der Waals surface area contributed by atoms with Crippen molar-refractivity contribution in [3.05, 3.63) is 0 Å². The van der Waals surface area contributed by atoms with E-state index in [0.29, 0.717) is 0 Å². The summed E-state index contributed by atoms with van der Waals surface area (Å²) in [4.78, 5) is 0. The molecule has 0 aromatic carbocycles. The number of rotatable bonds is 11. The van der Waals surface area contributed by atoms with Crippen LogP contribution in [0.1, 0.15) is 110 Å². The molecular weight excluding hydrogens is 230 g/mol. The third kappa shape index (κ3) is 11.5. The lowest BCUT2D eigenvalue weighted by atomic mass is 9.85. The third-order valence-electron chi connectivity index (χ3n) is 4.69. The Labute approximate surface area is 122 Å². The van der Waals surface area contributed by atoms with Gasteiger partial charge in [-0.15, -0.1) is 0 Å². The second kappa shape index (κ2) is 14.4. The van der Waals surface area contributed by atoms with Gasteiger partial charge in [0.2, 0.25) is 0 Å². The van der Waals surface area contributed by atoms with Crippen molar-refractivity contribution in [2.24, 2.45) is 5.92 Å². The lowest BCUT2D eigenvalue weighted by Gasteiger charge is -2.21. The zero-order chi connectivity index (χ0) is 12.9. The first-order chi connectivity index (χ1) is 8.93. The van der Waals surface area contributed by atoms with Gasteiger partial charge >= 0.3 is 0 Å². The predicted octanol–water partition coefficient (Wildman–Crippen LogP) is 7.04. The van der Waals surface area contributed by atoms with Gasteiger partial charge in [0.15, 0.2) is 0 Å². The molecule has 0 aliphatic heterocycles.